The van der Waals surface area contributed by atoms with Gasteiger partial charge in [0.1, 0.15) is 0 Å². The minimum absolute atomic E-state index is 0.205. The van der Waals surface area contributed by atoms with Gasteiger partial charge in [0.25, 0.3) is 0 Å². The molecule has 0 radical (unpaired) electrons. The van der Waals surface area contributed by atoms with Gasteiger partial charge in [0, 0.05) is 25.7 Å². The average molecular weight is 256 g/mol. The largest absolute Gasteiger partial charge is 0.381 e. The third kappa shape index (κ3) is 4.58. The highest BCUT2D eigenvalue weighted by Crippen LogP contribution is 2.25. The van der Waals surface area contributed by atoms with Gasteiger partial charge in [-0.05, 0) is 25.2 Å². The summed E-state index contributed by atoms with van der Waals surface area (Å²) in [7, 11) is 0. The molecule has 1 amide bonds. The molecular formula is C14H28N2O2. The lowest BCUT2D eigenvalue weighted by Gasteiger charge is -2.39. The highest BCUT2D eigenvalue weighted by Gasteiger charge is 2.29. The van der Waals surface area contributed by atoms with Gasteiger partial charge in [-0.1, -0.05) is 20.3 Å². The summed E-state index contributed by atoms with van der Waals surface area (Å²) in [4.78, 5) is 14.1. The van der Waals surface area contributed by atoms with E-state index in [0.29, 0.717) is 19.6 Å². The van der Waals surface area contributed by atoms with E-state index >= 15 is 0 Å². The molecule has 0 aromatic heterocycles. The molecule has 0 aromatic carbocycles. The summed E-state index contributed by atoms with van der Waals surface area (Å²) in [5.41, 5.74) is 5.80. The normalized spacial score (nSPS) is 24.3. The average Bonchev–Trinajstić information content (AvgIpc) is 2.42. The van der Waals surface area contributed by atoms with E-state index in [1.807, 2.05) is 4.90 Å². The van der Waals surface area contributed by atoms with Gasteiger partial charge in [0.2, 0.25) is 5.91 Å². The van der Waals surface area contributed by atoms with E-state index < -0.39 is 0 Å². The van der Waals surface area contributed by atoms with Crippen LogP contribution in [0.3, 0.4) is 0 Å². The Morgan fingerprint density at radius 1 is 1.39 bits per heavy atom. The van der Waals surface area contributed by atoms with E-state index in [2.05, 4.69) is 13.8 Å². The number of ether oxygens (including phenoxy) is 1. The van der Waals surface area contributed by atoms with E-state index in [9.17, 15) is 4.79 Å². The second-order valence-electron chi connectivity index (χ2n) is 5.14. The van der Waals surface area contributed by atoms with Crippen molar-refractivity contribution in [1.29, 1.82) is 0 Å². The molecule has 1 rings (SSSR count). The summed E-state index contributed by atoms with van der Waals surface area (Å²) < 4.78 is 5.38. The van der Waals surface area contributed by atoms with E-state index in [1.165, 1.54) is 6.42 Å². The van der Waals surface area contributed by atoms with Crippen LogP contribution in [0.15, 0.2) is 0 Å². The van der Waals surface area contributed by atoms with Gasteiger partial charge in [-0.25, -0.2) is 0 Å². The quantitative estimate of drug-likeness (QED) is 0.706. The molecule has 18 heavy (non-hydrogen) atoms. The van der Waals surface area contributed by atoms with Crippen molar-refractivity contribution in [3.63, 3.8) is 0 Å². The van der Waals surface area contributed by atoms with Crippen molar-refractivity contribution >= 4 is 5.91 Å². The van der Waals surface area contributed by atoms with Crippen molar-refractivity contribution in [1.82, 2.24) is 4.90 Å². The number of piperidine rings is 1. The Morgan fingerprint density at radius 2 is 2.17 bits per heavy atom. The number of hydrogen-bond donors (Lipinski definition) is 1. The molecule has 0 saturated carbocycles. The van der Waals surface area contributed by atoms with Crippen LogP contribution in [-0.4, -0.2) is 43.2 Å². The number of nitrogens with two attached hydrogens (primary N) is 1. The topological polar surface area (TPSA) is 55.6 Å². The fourth-order valence-corrected chi connectivity index (χ4v) is 2.61. The first kappa shape index (κ1) is 15.4. The Bertz CT molecular complexity index is 246. The SMILES string of the molecule is CCCOCCC(=O)N1CCC(CC)CC1CN. The smallest absolute Gasteiger partial charge is 0.225 e. The third-order valence-corrected chi connectivity index (χ3v) is 3.80. The van der Waals surface area contributed by atoms with Crippen LogP contribution in [-0.2, 0) is 9.53 Å². The molecule has 0 spiro atoms. The molecule has 106 valence electrons. The summed E-state index contributed by atoms with van der Waals surface area (Å²) >= 11 is 0. The molecule has 1 aliphatic heterocycles. The van der Waals surface area contributed by atoms with Gasteiger partial charge >= 0.3 is 0 Å². The molecule has 2 atom stereocenters. The van der Waals surface area contributed by atoms with Crippen LogP contribution < -0.4 is 5.73 Å². The van der Waals surface area contributed by atoms with Gasteiger partial charge in [0.05, 0.1) is 13.0 Å². The van der Waals surface area contributed by atoms with Crippen molar-refractivity contribution in [2.75, 3.05) is 26.3 Å². The number of amides is 1. The van der Waals surface area contributed by atoms with Crippen LogP contribution in [0.4, 0.5) is 0 Å². The molecule has 1 aliphatic rings. The number of rotatable bonds is 7. The maximum Gasteiger partial charge on any atom is 0.225 e. The predicted octanol–water partition coefficient (Wildman–Crippen LogP) is 1.78. The van der Waals surface area contributed by atoms with E-state index in [4.69, 9.17) is 10.5 Å². The molecule has 1 saturated heterocycles. The minimum Gasteiger partial charge on any atom is -0.381 e. The zero-order valence-corrected chi connectivity index (χ0v) is 11.9. The maximum atomic E-state index is 12.1. The van der Waals surface area contributed by atoms with Crippen molar-refractivity contribution in [2.24, 2.45) is 11.7 Å². The lowest BCUT2D eigenvalue weighted by atomic mass is 9.88. The van der Waals surface area contributed by atoms with E-state index in [-0.39, 0.29) is 11.9 Å². The molecule has 0 aromatic rings. The van der Waals surface area contributed by atoms with Crippen molar-refractivity contribution < 1.29 is 9.53 Å². The van der Waals surface area contributed by atoms with Gasteiger partial charge in [-0.15, -0.1) is 0 Å². The van der Waals surface area contributed by atoms with Crippen LogP contribution in [0, 0.1) is 5.92 Å². The molecule has 4 heteroatoms. The Labute approximate surface area is 111 Å². The van der Waals surface area contributed by atoms with Gasteiger partial charge in [-0.3, -0.25) is 4.79 Å². The Hall–Kier alpha value is -0.610. The summed E-state index contributed by atoms with van der Waals surface area (Å²) in [5.74, 6) is 0.940. The number of hydrogen-bond acceptors (Lipinski definition) is 3. The van der Waals surface area contributed by atoms with Gasteiger partial charge in [-0.2, -0.15) is 0 Å². The summed E-state index contributed by atoms with van der Waals surface area (Å²) in [6, 6.07) is 0.238. The van der Waals surface area contributed by atoms with Crippen LogP contribution >= 0.6 is 0 Å². The lowest BCUT2D eigenvalue weighted by molar-refractivity contribution is -0.136. The first-order valence-electron chi connectivity index (χ1n) is 7.30. The highest BCUT2D eigenvalue weighted by atomic mass is 16.5. The van der Waals surface area contributed by atoms with Crippen molar-refractivity contribution in [2.45, 2.75) is 52.0 Å². The number of likely N-dealkylation sites (tertiary alicyclic amines) is 1. The first-order valence-corrected chi connectivity index (χ1v) is 7.30. The number of carbonyl (C=O) groups excluding carboxylic acids is 1. The molecular weight excluding hydrogens is 228 g/mol. The van der Waals surface area contributed by atoms with E-state index in [0.717, 1.165) is 38.3 Å². The van der Waals surface area contributed by atoms with Crippen LogP contribution in [0.25, 0.3) is 0 Å². The van der Waals surface area contributed by atoms with Crippen LogP contribution in [0.1, 0.15) is 46.0 Å². The third-order valence-electron chi connectivity index (χ3n) is 3.80. The van der Waals surface area contributed by atoms with Crippen molar-refractivity contribution in [3.05, 3.63) is 0 Å². The molecule has 0 bridgehead atoms. The Morgan fingerprint density at radius 3 is 2.78 bits per heavy atom. The second-order valence-corrected chi connectivity index (χ2v) is 5.14. The fraction of sp³-hybridized carbons (Fsp3) is 0.929. The molecule has 0 aliphatic carbocycles. The summed E-state index contributed by atoms with van der Waals surface area (Å²) in [6.45, 7) is 7.02. The molecule has 2 N–H and O–H groups in total. The highest BCUT2D eigenvalue weighted by molar-refractivity contribution is 5.76. The summed E-state index contributed by atoms with van der Waals surface area (Å²) in [6.07, 6.45) is 4.87. The zero-order chi connectivity index (χ0) is 13.4. The monoisotopic (exact) mass is 256 g/mol. The van der Waals surface area contributed by atoms with Crippen LogP contribution in [0.5, 0.6) is 0 Å². The molecule has 1 heterocycles. The maximum absolute atomic E-state index is 12.1. The standard InChI is InChI=1S/C14H28N2O2/c1-3-8-18-9-6-14(17)16-7-5-12(4-2)10-13(16)11-15/h12-13H,3-11,15H2,1-2H3. The number of nitrogens with zero attached hydrogens (tertiary/aromatic N) is 1. The van der Waals surface area contributed by atoms with Gasteiger partial charge < -0.3 is 15.4 Å². The molecule has 1 fully saturated rings. The van der Waals surface area contributed by atoms with Crippen LogP contribution in [0.2, 0.25) is 0 Å². The van der Waals surface area contributed by atoms with Gasteiger partial charge in [0.15, 0.2) is 0 Å². The number of carbonyl (C=O) groups is 1. The molecule has 4 nitrogen and oxygen atoms in total. The molecule has 2 unspecified atom stereocenters. The Kier molecular flexibility index (Phi) is 7.28. The summed E-state index contributed by atoms with van der Waals surface area (Å²) in [5, 5.41) is 0. The lowest BCUT2D eigenvalue weighted by Crippen LogP contribution is -2.49. The fourth-order valence-electron chi connectivity index (χ4n) is 2.61. The minimum atomic E-state index is 0.205. The second kappa shape index (κ2) is 8.48. The van der Waals surface area contributed by atoms with Crippen molar-refractivity contribution in [3.8, 4) is 0 Å². The predicted molar refractivity (Wildman–Crippen MR) is 73.3 cm³/mol. The Balaban J connectivity index is 2.36. The zero-order valence-electron chi connectivity index (χ0n) is 11.9. The first-order chi connectivity index (χ1) is 8.72. The van der Waals surface area contributed by atoms with E-state index in [1.54, 1.807) is 0 Å².